The van der Waals surface area contributed by atoms with E-state index in [0.717, 1.165) is 0 Å². The monoisotopic (exact) mass is 173 g/mol. The lowest BCUT2D eigenvalue weighted by molar-refractivity contribution is -0.168. The van der Waals surface area contributed by atoms with Gasteiger partial charge in [-0.1, -0.05) is 0 Å². The van der Waals surface area contributed by atoms with E-state index in [1.165, 1.54) is 6.92 Å². The standard InChI is InChI=1S/C7H11NO4/c1-4(10)12-7-5(2-3-9)6(11)8-7/h5,7,9H,2-3H2,1H3,(H,8,11)/t5-,7-/m1/s1. The van der Waals surface area contributed by atoms with Crippen LogP contribution in [0, 0.1) is 5.92 Å². The zero-order valence-electron chi connectivity index (χ0n) is 6.74. The maximum Gasteiger partial charge on any atom is 0.304 e. The summed E-state index contributed by atoms with van der Waals surface area (Å²) in [6.45, 7) is 1.20. The second-order valence-electron chi connectivity index (χ2n) is 2.66. The van der Waals surface area contributed by atoms with Gasteiger partial charge < -0.3 is 15.2 Å². The molecule has 2 atom stereocenters. The third-order valence-corrected chi connectivity index (χ3v) is 1.72. The Balaban J connectivity index is 2.37. The van der Waals surface area contributed by atoms with Gasteiger partial charge in [-0.3, -0.25) is 9.59 Å². The van der Waals surface area contributed by atoms with Crippen LogP contribution in [0.15, 0.2) is 0 Å². The normalized spacial score (nSPS) is 27.3. The molecular formula is C7H11NO4. The summed E-state index contributed by atoms with van der Waals surface area (Å²) in [5.74, 6) is -0.975. The molecule has 0 saturated carbocycles. The molecule has 5 nitrogen and oxygen atoms in total. The second kappa shape index (κ2) is 3.53. The molecule has 12 heavy (non-hydrogen) atoms. The topological polar surface area (TPSA) is 75.6 Å². The number of amides is 1. The first-order valence-corrected chi connectivity index (χ1v) is 3.73. The SMILES string of the molecule is CC(=O)O[C@H]1NC(=O)[C@H]1CCO. The van der Waals surface area contributed by atoms with Crippen molar-refractivity contribution in [2.24, 2.45) is 5.92 Å². The molecule has 0 aromatic heterocycles. The molecule has 1 rings (SSSR count). The lowest BCUT2D eigenvalue weighted by Crippen LogP contribution is -2.60. The fourth-order valence-corrected chi connectivity index (χ4v) is 1.10. The van der Waals surface area contributed by atoms with Crippen LogP contribution in [0.3, 0.4) is 0 Å². The molecule has 1 aliphatic heterocycles. The van der Waals surface area contributed by atoms with Gasteiger partial charge in [0.1, 0.15) is 0 Å². The van der Waals surface area contributed by atoms with Crippen molar-refractivity contribution in [2.75, 3.05) is 6.61 Å². The van der Waals surface area contributed by atoms with Crippen molar-refractivity contribution in [3.63, 3.8) is 0 Å². The van der Waals surface area contributed by atoms with Gasteiger partial charge in [-0.25, -0.2) is 0 Å². The molecule has 68 valence electrons. The predicted molar refractivity (Wildman–Crippen MR) is 38.9 cm³/mol. The van der Waals surface area contributed by atoms with Gasteiger partial charge in [-0.05, 0) is 6.42 Å². The molecule has 0 spiro atoms. The molecule has 1 heterocycles. The number of β-lactam (4-membered cyclic amide) rings is 1. The van der Waals surface area contributed by atoms with E-state index in [1.54, 1.807) is 0 Å². The van der Waals surface area contributed by atoms with Crippen LogP contribution >= 0.6 is 0 Å². The lowest BCUT2D eigenvalue weighted by atomic mass is 9.96. The highest BCUT2D eigenvalue weighted by Crippen LogP contribution is 2.19. The molecule has 0 radical (unpaired) electrons. The minimum Gasteiger partial charge on any atom is -0.441 e. The average Bonchev–Trinajstić information content (AvgIpc) is 1.99. The summed E-state index contributed by atoms with van der Waals surface area (Å²) >= 11 is 0. The number of aliphatic hydroxyl groups excluding tert-OH is 1. The van der Waals surface area contributed by atoms with Crippen molar-refractivity contribution in [3.05, 3.63) is 0 Å². The molecule has 0 unspecified atom stereocenters. The summed E-state index contributed by atoms with van der Waals surface area (Å²) < 4.78 is 4.74. The fraction of sp³-hybridized carbons (Fsp3) is 0.714. The maximum absolute atomic E-state index is 10.8. The van der Waals surface area contributed by atoms with Crippen molar-refractivity contribution in [1.82, 2.24) is 5.32 Å². The van der Waals surface area contributed by atoms with E-state index in [1.807, 2.05) is 0 Å². The molecule has 5 heteroatoms. The van der Waals surface area contributed by atoms with E-state index in [4.69, 9.17) is 9.84 Å². The van der Waals surface area contributed by atoms with Crippen LogP contribution in [-0.2, 0) is 14.3 Å². The highest BCUT2D eigenvalue weighted by Gasteiger charge is 2.40. The first-order valence-electron chi connectivity index (χ1n) is 3.73. The van der Waals surface area contributed by atoms with Gasteiger partial charge in [0.25, 0.3) is 0 Å². The molecule has 0 aromatic carbocycles. The second-order valence-corrected chi connectivity index (χ2v) is 2.66. The minimum atomic E-state index is -0.540. The number of carbonyl (C=O) groups is 2. The number of esters is 1. The fourth-order valence-electron chi connectivity index (χ4n) is 1.10. The summed E-state index contributed by atoms with van der Waals surface area (Å²) in [7, 11) is 0. The van der Waals surface area contributed by atoms with Gasteiger partial charge in [-0.15, -0.1) is 0 Å². The molecule has 2 N–H and O–H groups in total. The molecule has 0 aliphatic carbocycles. The summed E-state index contributed by atoms with van der Waals surface area (Å²) in [6.07, 6.45) is -0.203. The summed E-state index contributed by atoms with van der Waals surface area (Å²) in [6, 6.07) is 0. The van der Waals surface area contributed by atoms with E-state index < -0.39 is 12.2 Å². The maximum atomic E-state index is 10.8. The summed E-state index contributed by atoms with van der Waals surface area (Å²) in [5.41, 5.74) is 0. The highest BCUT2D eigenvalue weighted by atomic mass is 16.6. The Morgan fingerprint density at radius 2 is 2.42 bits per heavy atom. The van der Waals surface area contributed by atoms with Crippen molar-refractivity contribution in [2.45, 2.75) is 19.6 Å². The van der Waals surface area contributed by atoms with Crippen molar-refractivity contribution >= 4 is 11.9 Å². The Morgan fingerprint density at radius 3 is 2.83 bits per heavy atom. The number of carbonyl (C=O) groups excluding carboxylic acids is 2. The molecule has 1 aliphatic rings. The lowest BCUT2D eigenvalue weighted by Gasteiger charge is -2.35. The van der Waals surface area contributed by atoms with Crippen LogP contribution in [0.4, 0.5) is 0 Å². The minimum absolute atomic E-state index is 0.0736. The van der Waals surface area contributed by atoms with Crippen molar-refractivity contribution in [1.29, 1.82) is 0 Å². The van der Waals surface area contributed by atoms with Gasteiger partial charge in [-0.2, -0.15) is 0 Å². The Kier molecular flexibility index (Phi) is 2.65. The van der Waals surface area contributed by atoms with Gasteiger partial charge in [0.15, 0.2) is 6.23 Å². The summed E-state index contributed by atoms with van der Waals surface area (Å²) in [5, 5.41) is 11.0. The number of hydrogen-bond acceptors (Lipinski definition) is 4. The van der Waals surface area contributed by atoms with E-state index in [0.29, 0.717) is 6.42 Å². The third kappa shape index (κ3) is 1.73. The number of nitrogens with one attached hydrogen (secondary N) is 1. The molecule has 1 amide bonds. The number of hydrogen-bond donors (Lipinski definition) is 2. The van der Waals surface area contributed by atoms with Crippen molar-refractivity contribution in [3.8, 4) is 0 Å². The molecular weight excluding hydrogens is 162 g/mol. The van der Waals surface area contributed by atoms with Gasteiger partial charge >= 0.3 is 5.97 Å². The van der Waals surface area contributed by atoms with Crippen LogP contribution in [0.5, 0.6) is 0 Å². The molecule has 0 aromatic rings. The smallest absolute Gasteiger partial charge is 0.304 e. The third-order valence-electron chi connectivity index (χ3n) is 1.72. The average molecular weight is 173 g/mol. The van der Waals surface area contributed by atoms with E-state index in [2.05, 4.69) is 5.32 Å². The number of rotatable bonds is 3. The number of ether oxygens (including phenoxy) is 1. The van der Waals surface area contributed by atoms with Crippen LogP contribution in [-0.4, -0.2) is 29.8 Å². The zero-order chi connectivity index (χ0) is 9.14. The molecule has 1 saturated heterocycles. The van der Waals surface area contributed by atoms with E-state index in [-0.39, 0.29) is 18.4 Å². The first kappa shape index (κ1) is 8.99. The Morgan fingerprint density at radius 1 is 1.75 bits per heavy atom. The van der Waals surface area contributed by atoms with E-state index >= 15 is 0 Å². The van der Waals surface area contributed by atoms with Crippen molar-refractivity contribution < 1.29 is 19.4 Å². The molecule has 1 fully saturated rings. The predicted octanol–water partition coefficient (Wildman–Crippen LogP) is -0.996. The quantitative estimate of drug-likeness (QED) is 0.424. The Labute approximate surface area is 69.7 Å². The Hall–Kier alpha value is -1.10. The summed E-state index contributed by atoms with van der Waals surface area (Å²) in [4.78, 5) is 21.3. The highest BCUT2D eigenvalue weighted by molar-refractivity contribution is 5.86. The van der Waals surface area contributed by atoms with Gasteiger partial charge in [0, 0.05) is 13.5 Å². The largest absolute Gasteiger partial charge is 0.441 e. The first-order chi connectivity index (χ1) is 5.65. The number of aliphatic hydroxyl groups is 1. The van der Waals surface area contributed by atoms with Gasteiger partial charge in [0.05, 0.1) is 5.92 Å². The Bertz CT molecular complexity index is 204. The molecule has 0 bridgehead atoms. The van der Waals surface area contributed by atoms with Crippen LogP contribution in [0.1, 0.15) is 13.3 Å². The van der Waals surface area contributed by atoms with Crippen LogP contribution in [0.25, 0.3) is 0 Å². The zero-order valence-corrected chi connectivity index (χ0v) is 6.74. The van der Waals surface area contributed by atoms with E-state index in [9.17, 15) is 9.59 Å². The van der Waals surface area contributed by atoms with Crippen LogP contribution < -0.4 is 5.32 Å². The van der Waals surface area contributed by atoms with Crippen LogP contribution in [0.2, 0.25) is 0 Å². The van der Waals surface area contributed by atoms with Gasteiger partial charge in [0.2, 0.25) is 5.91 Å².